The largest absolute Gasteiger partial charge is 0.109 e. The third-order valence-electron chi connectivity index (χ3n) is 0. The molecule has 0 bridgehead atoms. The van der Waals surface area contributed by atoms with Crippen LogP contribution in [0.5, 0.6) is 0 Å². The molecular weight excluding hydrogens is 123 g/mol. The van der Waals surface area contributed by atoms with Crippen molar-refractivity contribution in [2.24, 2.45) is 0 Å². The van der Waals surface area contributed by atoms with Crippen LogP contribution < -0.4 is 0 Å². The Morgan fingerprint density at radius 1 is 1.25 bits per heavy atom. The number of halogens is 2. The smallest absolute Gasteiger partial charge is 0.0967 e. The summed E-state index contributed by atoms with van der Waals surface area (Å²) in [5, 5.41) is 0.194. The second kappa shape index (κ2) is 8.85. The number of rotatable bonds is 0. The summed E-state index contributed by atoms with van der Waals surface area (Å²) in [6.07, 6.45) is 0. The molecule has 4 heavy (non-hydrogen) atoms. The molecule has 0 aliphatic carbocycles. The van der Waals surface area contributed by atoms with Crippen molar-refractivity contribution in [1.29, 1.82) is 0 Å². The van der Waals surface area contributed by atoms with Crippen LogP contribution in [0.2, 0.25) is 0 Å². The van der Waals surface area contributed by atoms with Crippen molar-refractivity contribution in [2.45, 2.75) is 0 Å². The summed E-state index contributed by atoms with van der Waals surface area (Å²) >= 11 is 9.53. The van der Waals surface area contributed by atoms with Gasteiger partial charge in [0, 0.05) is 37.7 Å². The van der Waals surface area contributed by atoms with E-state index in [-0.39, 0.29) is 43.1 Å². The van der Waals surface area contributed by atoms with Gasteiger partial charge in [0.25, 0.3) is 0 Å². The van der Waals surface area contributed by atoms with Gasteiger partial charge in [-0.3, -0.25) is 0 Å². The van der Waals surface area contributed by atoms with Crippen LogP contribution >= 0.6 is 23.2 Å². The van der Waals surface area contributed by atoms with Gasteiger partial charge in [0.2, 0.25) is 0 Å². The number of hydrogen-bond donors (Lipinski definition) is 0. The Balaban J connectivity index is 0. The topological polar surface area (TPSA) is 0 Å². The van der Waals surface area contributed by atoms with Crippen LogP contribution in [0.1, 0.15) is 0 Å². The maximum atomic E-state index is 4.76. The number of hydrogen-bond acceptors (Lipinski definition) is 0. The van der Waals surface area contributed by atoms with Crippen LogP contribution in [-0.2, 0) is 0 Å². The van der Waals surface area contributed by atoms with Crippen LogP contribution in [-0.4, -0.2) is 43.1 Å². The minimum atomic E-state index is 0. The van der Waals surface area contributed by atoms with Gasteiger partial charge in [0.05, 0.1) is 5.34 Å². The fourth-order valence-corrected chi connectivity index (χ4v) is 0. The zero-order chi connectivity index (χ0) is 2.71. The molecule has 3 heteroatoms. The van der Waals surface area contributed by atoms with Crippen LogP contribution in [0.25, 0.3) is 0 Å². The molecule has 2 radical (unpaired) electrons. The average Bonchev–Trinajstić information content (AvgIpc) is 0.918. The second-order valence-corrected chi connectivity index (χ2v) is 0.909. The van der Waals surface area contributed by atoms with Crippen molar-refractivity contribution in [3.05, 3.63) is 0 Å². The van der Waals surface area contributed by atoms with Crippen LogP contribution in [0.15, 0.2) is 0 Å². The summed E-state index contributed by atoms with van der Waals surface area (Å²) in [6.45, 7) is 0. The van der Waals surface area contributed by atoms with E-state index >= 15 is 0 Å². The van der Waals surface area contributed by atoms with Gasteiger partial charge in [-0.05, 0) is 0 Å². The van der Waals surface area contributed by atoms with E-state index in [1.54, 1.807) is 0 Å². The first-order chi connectivity index (χ1) is 1.41. The van der Waals surface area contributed by atoms with Crippen molar-refractivity contribution >= 4 is 60.9 Å². The van der Waals surface area contributed by atoms with E-state index in [9.17, 15) is 0 Å². The Labute approximate surface area is 65.5 Å². The van der Waals surface area contributed by atoms with Gasteiger partial charge in [-0.2, -0.15) is 0 Å². The van der Waals surface area contributed by atoms with Crippen molar-refractivity contribution in [1.82, 2.24) is 0 Å². The maximum absolute atomic E-state index is 4.76. The first kappa shape index (κ1) is 9.28. The fourth-order valence-electron chi connectivity index (χ4n) is 0. The van der Waals surface area contributed by atoms with Gasteiger partial charge >= 0.3 is 0 Å². The Morgan fingerprint density at radius 3 is 1.25 bits per heavy atom. The van der Waals surface area contributed by atoms with E-state index in [1.165, 1.54) is 0 Å². The van der Waals surface area contributed by atoms with Gasteiger partial charge < -0.3 is 0 Å². The molecule has 0 unspecified atom stereocenters. The maximum Gasteiger partial charge on any atom is 0.0967 e. The standard InChI is InChI=1S/CH2Cl2.Ca/c2-1-3;/h1H2;. The van der Waals surface area contributed by atoms with E-state index in [4.69, 9.17) is 23.2 Å². The third kappa shape index (κ3) is 9.15. The summed E-state index contributed by atoms with van der Waals surface area (Å²) in [6, 6.07) is 0. The molecule has 22 valence electrons. The van der Waals surface area contributed by atoms with Crippen molar-refractivity contribution < 1.29 is 0 Å². The number of alkyl halides is 2. The molecule has 0 heterocycles. The van der Waals surface area contributed by atoms with Crippen LogP contribution in [0, 0.1) is 0 Å². The van der Waals surface area contributed by atoms with Crippen LogP contribution in [0.3, 0.4) is 0 Å². The third-order valence-corrected chi connectivity index (χ3v) is 0. The Kier molecular flexibility index (Phi) is 20.5. The molecule has 0 fully saturated rings. The van der Waals surface area contributed by atoms with Gasteiger partial charge in [0.15, 0.2) is 0 Å². The van der Waals surface area contributed by atoms with Crippen molar-refractivity contribution in [3.8, 4) is 0 Å². The Bertz CT molecular complexity index is 6.00. The molecule has 0 saturated carbocycles. The summed E-state index contributed by atoms with van der Waals surface area (Å²) in [5.74, 6) is 0. The summed E-state index contributed by atoms with van der Waals surface area (Å²) in [5.41, 5.74) is 0. The van der Waals surface area contributed by atoms with Crippen molar-refractivity contribution in [3.63, 3.8) is 0 Å². The molecule has 0 N–H and O–H groups in total. The monoisotopic (exact) mass is 124 g/mol. The van der Waals surface area contributed by atoms with Gasteiger partial charge in [-0.1, -0.05) is 0 Å². The van der Waals surface area contributed by atoms with E-state index in [1.807, 2.05) is 0 Å². The minimum absolute atomic E-state index is 0. The SMILES string of the molecule is ClCCl.[Ca]. The normalized spacial score (nSPS) is 4.50. The Morgan fingerprint density at radius 2 is 1.25 bits per heavy atom. The predicted octanol–water partition coefficient (Wildman–Crippen LogP) is 1.04. The fraction of sp³-hybridized carbons (Fsp3) is 1.00. The molecule has 0 atom stereocenters. The Hall–Kier alpha value is 1.84. The molecule has 0 aliphatic heterocycles. The van der Waals surface area contributed by atoms with Gasteiger partial charge in [-0.25, -0.2) is 0 Å². The molecule has 0 aromatic heterocycles. The zero-order valence-electron chi connectivity index (χ0n) is 2.17. The van der Waals surface area contributed by atoms with E-state index < -0.39 is 0 Å². The average molecular weight is 125 g/mol. The van der Waals surface area contributed by atoms with Gasteiger partial charge in [0.1, 0.15) is 0 Å². The second-order valence-electron chi connectivity index (χ2n) is 0.101. The quantitative estimate of drug-likeness (QED) is 0.335. The minimum Gasteiger partial charge on any atom is -0.109 e. The first-order valence-corrected chi connectivity index (χ1v) is 1.60. The molecule has 0 saturated heterocycles. The molecule has 0 amide bonds. The van der Waals surface area contributed by atoms with E-state index in [0.717, 1.165) is 0 Å². The molecule has 0 spiro atoms. The molecule has 0 rings (SSSR count). The van der Waals surface area contributed by atoms with E-state index in [0.29, 0.717) is 0 Å². The van der Waals surface area contributed by atoms with Crippen LogP contribution in [0.4, 0.5) is 0 Å². The molecule has 0 aromatic carbocycles. The summed E-state index contributed by atoms with van der Waals surface area (Å²) < 4.78 is 0. The molecule has 0 nitrogen and oxygen atoms in total. The first-order valence-electron chi connectivity index (χ1n) is 0.535. The molecule has 0 aliphatic rings. The predicted molar refractivity (Wildman–Crippen MR) is 22.3 cm³/mol. The summed E-state index contributed by atoms with van der Waals surface area (Å²) in [4.78, 5) is 0. The van der Waals surface area contributed by atoms with E-state index in [2.05, 4.69) is 0 Å². The zero-order valence-corrected chi connectivity index (χ0v) is 5.89. The van der Waals surface area contributed by atoms with Crippen molar-refractivity contribution in [2.75, 3.05) is 5.34 Å². The summed E-state index contributed by atoms with van der Waals surface area (Å²) in [7, 11) is 0. The molecule has 0 aromatic rings. The molecular formula is CH2CaCl2. The van der Waals surface area contributed by atoms with Gasteiger partial charge in [-0.15, -0.1) is 23.2 Å².